The van der Waals surface area contributed by atoms with Crippen molar-refractivity contribution in [2.75, 3.05) is 43.9 Å². The van der Waals surface area contributed by atoms with E-state index in [0.717, 1.165) is 41.0 Å². The topological polar surface area (TPSA) is 91.9 Å². The van der Waals surface area contributed by atoms with E-state index >= 15 is 0 Å². The molecule has 204 valence electrons. The van der Waals surface area contributed by atoms with Gasteiger partial charge >= 0.3 is 6.03 Å². The molecule has 0 saturated carbocycles. The van der Waals surface area contributed by atoms with Crippen LogP contribution in [0.1, 0.15) is 49.2 Å². The predicted octanol–water partition coefficient (Wildman–Crippen LogP) is 5.69. The van der Waals surface area contributed by atoms with E-state index in [1.165, 1.54) is 11.3 Å². The van der Waals surface area contributed by atoms with Crippen LogP contribution in [0, 0.1) is 0 Å². The molecule has 8 nitrogen and oxygen atoms in total. The molecule has 0 unspecified atom stereocenters. The van der Waals surface area contributed by atoms with Gasteiger partial charge in [-0.3, -0.25) is 9.69 Å². The number of thiophene rings is 1. The first kappa shape index (κ1) is 27.9. The maximum Gasteiger partial charge on any atom is 0.323 e. The standard InChI is InChI=1S/C29H38N4O4S/c1-18-16-33(17-19(2)37-18)13-14-36-24-12-11-22(20-9-7-8-10-21(20)24)31-28(35)32-23-15-25(29(3,4)5)38-26(23)27(34)30-6/h7-12,15,18-19H,13-14,16-17H2,1-6H3,(H,30,34)(H2,31,32,35)/t18-,19-/m1/s1. The van der Waals surface area contributed by atoms with Crippen LogP contribution in [-0.2, 0) is 10.2 Å². The molecule has 1 aliphatic rings. The van der Waals surface area contributed by atoms with Crippen molar-refractivity contribution in [1.82, 2.24) is 10.2 Å². The first-order valence-corrected chi connectivity index (χ1v) is 13.8. The zero-order chi connectivity index (χ0) is 27.4. The third-order valence-electron chi connectivity index (χ3n) is 6.45. The Balaban J connectivity index is 1.47. The summed E-state index contributed by atoms with van der Waals surface area (Å²) < 4.78 is 12.0. The monoisotopic (exact) mass is 538 g/mol. The highest BCUT2D eigenvalue weighted by Crippen LogP contribution is 2.36. The minimum atomic E-state index is -0.414. The van der Waals surface area contributed by atoms with Crippen molar-refractivity contribution in [1.29, 1.82) is 0 Å². The van der Waals surface area contributed by atoms with Crippen molar-refractivity contribution in [2.24, 2.45) is 0 Å². The molecule has 0 spiro atoms. The lowest BCUT2D eigenvalue weighted by Gasteiger charge is -2.35. The number of amides is 3. The molecule has 0 aliphatic carbocycles. The summed E-state index contributed by atoms with van der Waals surface area (Å²) in [4.78, 5) is 29.3. The summed E-state index contributed by atoms with van der Waals surface area (Å²) in [6.07, 6.45) is 0.440. The number of benzene rings is 2. The number of fused-ring (bicyclic) bond motifs is 1. The largest absolute Gasteiger partial charge is 0.492 e. The SMILES string of the molecule is CNC(=O)c1sc(C(C)(C)C)cc1NC(=O)Nc1ccc(OCCN2C[C@@H](C)O[C@H](C)C2)c2ccccc12. The van der Waals surface area contributed by atoms with Gasteiger partial charge in [0.1, 0.15) is 17.2 Å². The predicted molar refractivity (Wildman–Crippen MR) is 155 cm³/mol. The van der Waals surface area contributed by atoms with Crippen LogP contribution in [0.25, 0.3) is 10.8 Å². The molecule has 3 N–H and O–H groups in total. The molecule has 0 radical (unpaired) electrons. The molecule has 3 aromatic rings. The Morgan fingerprint density at radius 2 is 1.68 bits per heavy atom. The first-order valence-electron chi connectivity index (χ1n) is 13.0. The Morgan fingerprint density at radius 1 is 1.03 bits per heavy atom. The highest BCUT2D eigenvalue weighted by molar-refractivity contribution is 7.14. The summed E-state index contributed by atoms with van der Waals surface area (Å²) in [6, 6.07) is 13.0. The summed E-state index contributed by atoms with van der Waals surface area (Å²) in [7, 11) is 1.58. The maximum atomic E-state index is 13.0. The van der Waals surface area contributed by atoms with Crippen LogP contribution in [-0.4, -0.2) is 62.3 Å². The van der Waals surface area contributed by atoms with Crippen molar-refractivity contribution >= 4 is 45.4 Å². The second kappa shape index (κ2) is 11.7. The van der Waals surface area contributed by atoms with E-state index in [2.05, 4.69) is 55.5 Å². The number of carbonyl (C=O) groups is 2. The number of hydrogen-bond donors (Lipinski definition) is 3. The zero-order valence-electron chi connectivity index (χ0n) is 23.0. The van der Waals surface area contributed by atoms with E-state index in [0.29, 0.717) is 22.9 Å². The lowest BCUT2D eigenvalue weighted by atomic mass is 9.94. The van der Waals surface area contributed by atoms with E-state index in [1.807, 2.05) is 42.5 Å². The van der Waals surface area contributed by atoms with Gasteiger partial charge in [-0.25, -0.2) is 4.79 Å². The Kier molecular flexibility index (Phi) is 8.60. The minimum Gasteiger partial charge on any atom is -0.492 e. The zero-order valence-corrected chi connectivity index (χ0v) is 23.8. The fourth-order valence-corrected chi connectivity index (χ4v) is 5.79. The quantitative estimate of drug-likeness (QED) is 0.359. The molecule has 3 amide bonds. The van der Waals surface area contributed by atoms with E-state index < -0.39 is 6.03 Å². The molecule has 2 heterocycles. The third-order valence-corrected chi connectivity index (χ3v) is 8.00. The summed E-state index contributed by atoms with van der Waals surface area (Å²) in [5.74, 6) is 0.546. The molecular weight excluding hydrogens is 500 g/mol. The van der Waals surface area contributed by atoms with Gasteiger partial charge in [0.25, 0.3) is 5.91 Å². The molecular formula is C29H38N4O4S. The van der Waals surface area contributed by atoms with Crippen molar-refractivity contribution in [3.05, 3.63) is 52.2 Å². The van der Waals surface area contributed by atoms with Crippen molar-refractivity contribution < 1.29 is 19.1 Å². The highest BCUT2D eigenvalue weighted by Gasteiger charge is 2.24. The van der Waals surface area contributed by atoms with Crippen molar-refractivity contribution in [3.63, 3.8) is 0 Å². The molecule has 1 saturated heterocycles. The Morgan fingerprint density at radius 3 is 2.34 bits per heavy atom. The van der Waals surface area contributed by atoms with Gasteiger partial charge in [0, 0.05) is 42.3 Å². The minimum absolute atomic E-state index is 0.145. The smallest absolute Gasteiger partial charge is 0.323 e. The summed E-state index contributed by atoms with van der Waals surface area (Å²) in [5, 5.41) is 10.3. The summed E-state index contributed by atoms with van der Waals surface area (Å²) in [5.41, 5.74) is 1.01. The highest BCUT2D eigenvalue weighted by atomic mass is 32.1. The van der Waals surface area contributed by atoms with Crippen LogP contribution >= 0.6 is 11.3 Å². The van der Waals surface area contributed by atoms with Crippen molar-refractivity contribution in [2.45, 2.75) is 52.2 Å². The van der Waals surface area contributed by atoms with Gasteiger partial charge < -0.3 is 25.4 Å². The van der Waals surface area contributed by atoms with Crippen LogP contribution in [0.15, 0.2) is 42.5 Å². The Bertz CT molecular complexity index is 1290. The fraction of sp³-hybridized carbons (Fsp3) is 0.448. The molecule has 2 aromatic carbocycles. The Labute approximate surface area is 228 Å². The van der Waals surface area contributed by atoms with Gasteiger partial charge in [0.05, 0.1) is 23.6 Å². The Hall–Kier alpha value is -3.14. The number of hydrogen-bond acceptors (Lipinski definition) is 6. The maximum absolute atomic E-state index is 13.0. The number of carbonyl (C=O) groups excluding carboxylic acids is 2. The lowest BCUT2D eigenvalue weighted by Crippen LogP contribution is -2.46. The number of morpholine rings is 1. The number of nitrogens with zero attached hydrogens (tertiary/aromatic N) is 1. The van der Waals surface area contributed by atoms with Crippen LogP contribution < -0.4 is 20.7 Å². The summed E-state index contributed by atoms with van der Waals surface area (Å²) in [6.45, 7) is 13.6. The second-order valence-corrected chi connectivity index (χ2v) is 11.8. The van der Waals surface area contributed by atoms with Gasteiger partial charge in [-0.05, 0) is 37.5 Å². The van der Waals surface area contributed by atoms with Crippen LogP contribution in [0.2, 0.25) is 0 Å². The van der Waals surface area contributed by atoms with E-state index in [1.54, 1.807) is 7.05 Å². The molecule has 1 aromatic heterocycles. The van der Waals surface area contributed by atoms with E-state index in [4.69, 9.17) is 9.47 Å². The number of rotatable bonds is 7. The van der Waals surface area contributed by atoms with Gasteiger partial charge in [0.2, 0.25) is 0 Å². The number of urea groups is 1. The molecule has 0 bridgehead atoms. The average Bonchev–Trinajstić information content (AvgIpc) is 3.28. The number of nitrogens with one attached hydrogen (secondary N) is 3. The van der Waals surface area contributed by atoms with E-state index in [-0.39, 0.29) is 23.5 Å². The fourth-order valence-electron chi connectivity index (χ4n) is 4.67. The molecule has 38 heavy (non-hydrogen) atoms. The molecule has 4 rings (SSSR count). The van der Waals surface area contributed by atoms with Gasteiger partial charge in [-0.1, -0.05) is 45.0 Å². The lowest BCUT2D eigenvalue weighted by molar-refractivity contribution is -0.0699. The van der Waals surface area contributed by atoms with Crippen LogP contribution in [0.3, 0.4) is 0 Å². The molecule has 1 aliphatic heterocycles. The van der Waals surface area contributed by atoms with Crippen molar-refractivity contribution in [3.8, 4) is 5.75 Å². The number of ether oxygens (including phenoxy) is 2. The van der Waals surface area contributed by atoms with Gasteiger partial charge in [-0.15, -0.1) is 11.3 Å². The van der Waals surface area contributed by atoms with Gasteiger partial charge in [0.15, 0.2) is 0 Å². The molecule has 9 heteroatoms. The first-order chi connectivity index (χ1) is 18.0. The normalized spacial score (nSPS) is 18.3. The summed E-state index contributed by atoms with van der Waals surface area (Å²) >= 11 is 1.39. The van der Waals surface area contributed by atoms with E-state index in [9.17, 15) is 9.59 Å². The van der Waals surface area contributed by atoms with Gasteiger partial charge in [-0.2, -0.15) is 0 Å². The second-order valence-electron chi connectivity index (χ2n) is 10.8. The van der Waals surface area contributed by atoms with Crippen LogP contribution in [0.4, 0.5) is 16.2 Å². The molecule has 1 fully saturated rings. The van der Waals surface area contributed by atoms with Crippen LogP contribution in [0.5, 0.6) is 5.75 Å². The number of anilines is 2. The third kappa shape index (κ3) is 6.64. The average molecular weight is 539 g/mol. The molecule has 2 atom stereocenters.